The van der Waals surface area contributed by atoms with Crippen LogP contribution in [0.15, 0.2) is 18.2 Å². The molecule has 0 amide bonds. The normalized spacial score (nSPS) is 9.53. The second kappa shape index (κ2) is 6.12. The molecule has 0 N–H and O–H groups in total. The number of halogens is 1. The van der Waals surface area contributed by atoms with Crippen LogP contribution >= 0.6 is 11.6 Å². The highest BCUT2D eigenvalue weighted by atomic mass is 35.5. The number of hydrogen-bond donors (Lipinski definition) is 0. The first-order chi connectivity index (χ1) is 8.12. The quantitative estimate of drug-likeness (QED) is 0.771. The molecule has 4 nitrogen and oxygen atoms in total. The van der Waals surface area contributed by atoms with E-state index in [-0.39, 0.29) is 12.5 Å². The first kappa shape index (κ1) is 13.3. The van der Waals surface area contributed by atoms with Gasteiger partial charge in [0.25, 0.3) is 0 Å². The molecule has 1 rings (SSSR count). The van der Waals surface area contributed by atoms with Gasteiger partial charge in [-0.05, 0) is 25.1 Å². The third-order valence-corrected chi connectivity index (χ3v) is 2.68. The molecule has 0 bridgehead atoms. The summed E-state index contributed by atoms with van der Waals surface area (Å²) >= 11 is 5.94. The molecule has 0 aromatic heterocycles. The number of benzene rings is 1. The van der Waals surface area contributed by atoms with Gasteiger partial charge in [0.15, 0.2) is 0 Å². The largest absolute Gasteiger partial charge is 0.468 e. The summed E-state index contributed by atoms with van der Waals surface area (Å²) in [5.41, 5.74) is 1.21. The van der Waals surface area contributed by atoms with Crippen molar-refractivity contribution < 1.29 is 9.53 Å². The lowest BCUT2D eigenvalue weighted by molar-refractivity contribution is -0.138. The van der Waals surface area contributed by atoms with Crippen LogP contribution in [0.25, 0.3) is 0 Å². The van der Waals surface area contributed by atoms with Crippen molar-refractivity contribution in [2.45, 2.75) is 6.92 Å². The minimum Gasteiger partial charge on any atom is -0.468 e. The Bertz CT molecular complexity index is 454. The summed E-state index contributed by atoms with van der Waals surface area (Å²) in [6.07, 6.45) is 0. The highest BCUT2D eigenvalue weighted by Crippen LogP contribution is 2.23. The summed E-state index contributed by atoms with van der Waals surface area (Å²) in [4.78, 5) is 13.0. The molecule has 0 saturated carbocycles. The number of ether oxygens (including phenoxy) is 1. The lowest BCUT2D eigenvalue weighted by atomic mass is 10.2. The number of nitriles is 1. The maximum absolute atomic E-state index is 11.2. The third kappa shape index (κ3) is 3.36. The maximum atomic E-state index is 11.2. The van der Waals surface area contributed by atoms with E-state index < -0.39 is 0 Å². The van der Waals surface area contributed by atoms with Crippen LogP contribution in [0.4, 0.5) is 5.69 Å². The van der Waals surface area contributed by atoms with Crippen LogP contribution in [0.5, 0.6) is 0 Å². The van der Waals surface area contributed by atoms with Crippen LogP contribution in [0.2, 0.25) is 5.02 Å². The number of methoxy groups -OCH3 is 1. The number of esters is 1. The monoisotopic (exact) mass is 252 g/mol. The molecule has 1 aromatic rings. The van der Waals surface area contributed by atoms with E-state index in [1.54, 1.807) is 18.2 Å². The van der Waals surface area contributed by atoms with Crippen molar-refractivity contribution in [3.63, 3.8) is 0 Å². The molecular formula is C12H13ClN2O2. The van der Waals surface area contributed by atoms with Gasteiger partial charge in [-0.25, -0.2) is 0 Å². The van der Waals surface area contributed by atoms with Gasteiger partial charge in [0.1, 0.15) is 12.6 Å². The van der Waals surface area contributed by atoms with Gasteiger partial charge < -0.3 is 9.64 Å². The molecule has 1 aromatic carbocycles. The highest BCUT2D eigenvalue weighted by molar-refractivity contribution is 6.32. The molecule has 0 fully saturated rings. The van der Waals surface area contributed by atoms with E-state index in [2.05, 4.69) is 4.74 Å². The fourth-order valence-electron chi connectivity index (χ4n) is 1.40. The van der Waals surface area contributed by atoms with Gasteiger partial charge >= 0.3 is 5.97 Å². The lowest BCUT2D eigenvalue weighted by Crippen LogP contribution is -2.30. The van der Waals surface area contributed by atoms with Gasteiger partial charge in [-0.2, -0.15) is 5.26 Å². The van der Waals surface area contributed by atoms with Gasteiger partial charge in [0.2, 0.25) is 0 Å². The molecule has 0 atom stereocenters. The molecule has 0 heterocycles. The van der Waals surface area contributed by atoms with Crippen molar-refractivity contribution in [1.29, 1.82) is 5.26 Å². The van der Waals surface area contributed by atoms with E-state index in [1.807, 2.05) is 17.9 Å². The Hall–Kier alpha value is -1.73. The molecule has 5 heteroatoms. The topological polar surface area (TPSA) is 53.3 Å². The van der Waals surface area contributed by atoms with Crippen LogP contribution in [0.3, 0.4) is 0 Å². The van der Waals surface area contributed by atoms with Gasteiger partial charge in [-0.15, -0.1) is 0 Å². The van der Waals surface area contributed by atoms with Crippen molar-refractivity contribution in [3.05, 3.63) is 28.8 Å². The summed E-state index contributed by atoms with van der Waals surface area (Å²) in [5.74, 6) is -0.313. The molecule has 0 aliphatic heterocycles. The van der Waals surface area contributed by atoms with E-state index in [9.17, 15) is 4.79 Å². The Kier molecular flexibility index (Phi) is 4.80. The van der Waals surface area contributed by atoms with Gasteiger partial charge in [-0.1, -0.05) is 11.6 Å². The summed E-state index contributed by atoms with van der Waals surface area (Å²) in [6.45, 7) is 2.74. The zero-order chi connectivity index (χ0) is 12.8. The predicted octanol–water partition coefficient (Wildman–Crippen LogP) is 2.21. The van der Waals surface area contributed by atoms with Crippen LogP contribution in [-0.4, -0.2) is 26.2 Å². The Morgan fingerprint density at radius 1 is 1.59 bits per heavy atom. The SMILES string of the molecule is CCN(CC(=O)OC)c1ccc(C#N)c(Cl)c1. The number of carbonyl (C=O) groups is 1. The summed E-state index contributed by atoms with van der Waals surface area (Å²) < 4.78 is 4.61. The summed E-state index contributed by atoms with van der Waals surface area (Å²) in [6, 6.07) is 7.06. The van der Waals surface area contributed by atoms with E-state index >= 15 is 0 Å². The second-order valence-corrected chi connectivity index (χ2v) is 3.77. The Morgan fingerprint density at radius 2 is 2.29 bits per heavy atom. The van der Waals surface area contributed by atoms with Crippen molar-refractivity contribution in [2.24, 2.45) is 0 Å². The summed E-state index contributed by atoms with van der Waals surface area (Å²) in [5, 5.41) is 9.15. The van der Waals surface area contributed by atoms with E-state index in [0.29, 0.717) is 17.1 Å². The number of likely N-dealkylation sites (N-methyl/N-ethyl adjacent to an activating group) is 1. The van der Waals surface area contributed by atoms with Crippen LogP contribution in [0, 0.1) is 11.3 Å². The van der Waals surface area contributed by atoms with E-state index in [1.165, 1.54) is 7.11 Å². The molecule has 0 spiro atoms. The number of anilines is 1. The van der Waals surface area contributed by atoms with Crippen molar-refractivity contribution >= 4 is 23.3 Å². The first-order valence-corrected chi connectivity index (χ1v) is 5.51. The van der Waals surface area contributed by atoms with Crippen molar-refractivity contribution in [1.82, 2.24) is 0 Å². The van der Waals surface area contributed by atoms with Crippen LogP contribution in [0.1, 0.15) is 12.5 Å². The van der Waals surface area contributed by atoms with Gasteiger partial charge in [0, 0.05) is 12.2 Å². The summed E-state index contributed by atoms with van der Waals surface area (Å²) in [7, 11) is 1.35. The fraction of sp³-hybridized carbons (Fsp3) is 0.333. The van der Waals surface area contributed by atoms with Crippen LogP contribution < -0.4 is 4.90 Å². The predicted molar refractivity (Wildman–Crippen MR) is 66.1 cm³/mol. The minimum absolute atomic E-state index is 0.162. The highest BCUT2D eigenvalue weighted by Gasteiger charge is 2.11. The third-order valence-electron chi connectivity index (χ3n) is 2.37. The zero-order valence-electron chi connectivity index (χ0n) is 9.74. The number of rotatable bonds is 4. The standard InChI is InChI=1S/C12H13ClN2O2/c1-3-15(8-12(16)17-2)10-5-4-9(7-14)11(13)6-10/h4-6H,3,8H2,1-2H3. The average molecular weight is 253 g/mol. The zero-order valence-corrected chi connectivity index (χ0v) is 10.5. The molecule has 0 saturated heterocycles. The molecule has 0 aliphatic carbocycles. The first-order valence-electron chi connectivity index (χ1n) is 5.13. The molecule has 0 aliphatic rings. The molecule has 17 heavy (non-hydrogen) atoms. The van der Waals surface area contributed by atoms with E-state index in [4.69, 9.17) is 16.9 Å². The number of hydrogen-bond acceptors (Lipinski definition) is 4. The van der Waals surface area contributed by atoms with Gasteiger partial charge in [-0.3, -0.25) is 4.79 Å². The fourth-order valence-corrected chi connectivity index (χ4v) is 1.61. The van der Waals surface area contributed by atoms with Crippen molar-refractivity contribution in [2.75, 3.05) is 25.1 Å². The second-order valence-electron chi connectivity index (χ2n) is 3.37. The van der Waals surface area contributed by atoms with E-state index in [0.717, 1.165) is 5.69 Å². The Labute approximate surface area is 105 Å². The lowest BCUT2D eigenvalue weighted by Gasteiger charge is -2.21. The van der Waals surface area contributed by atoms with Crippen molar-refractivity contribution in [3.8, 4) is 6.07 Å². The maximum Gasteiger partial charge on any atom is 0.325 e. The smallest absolute Gasteiger partial charge is 0.325 e. The molecular weight excluding hydrogens is 240 g/mol. The molecule has 90 valence electrons. The number of nitrogens with zero attached hydrogens (tertiary/aromatic N) is 2. The van der Waals surface area contributed by atoms with Gasteiger partial charge in [0.05, 0.1) is 17.7 Å². The molecule has 0 unspecified atom stereocenters. The minimum atomic E-state index is -0.313. The number of carbonyl (C=O) groups excluding carboxylic acids is 1. The Balaban J connectivity index is 2.93. The van der Waals surface area contributed by atoms with Crippen LogP contribution in [-0.2, 0) is 9.53 Å². The average Bonchev–Trinajstić information content (AvgIpc) is 2.35. The Morgan fingerprint density at radius 3 is 2.76 bits per heavy atom. The molecule has 0 radical (unpaired) electrons.